The molecule has 0 atom stereocenters. The van der Waals surface area contributed by atoms with Crippen LogP contribution in [0.5, 0.6) is 0 Å². The molecule has 0 heterocycles. The number of fused-ring (bicyclic) bond motifs is 13. The van der Waals surface area contributed by atoms with Crippen molar-refractivity contribution in [3.05, 3.63) is 395 Å². The van der Waals surface area contributed by atoms with Crippen molar-refractivity contribution in [2.75, 3.05) is 0 Å². The molecule has 0 N–H and O–H groups in total. The highest BCUT2D eigenvalue weighted by atomic mass is 14.5. The largest absolute Gasteiger partial charge is 0.0713 e. The predicted molar refractivity (Wildman–Crippen MR) is 437 cm³/mol. The number of benzene rings is 16. The van der Waals surface area contributed by atoms with Crippen LogP contribution < -0.4 is 0 Å². The van der Waals surface area contributed by atoms with E-state index in [1.165, 1.54) is 228 Å². The molecule has 3 aliphatic rings. The highest BCUT2D eigenvalue weighted by molar-refractivity contribution is 6.23. The molecular formula is C103H82. The maximum atomic E-state index is 2.70. The van der Waals surface area contributed by atoms with Gasteiger partial charge in [-0.25, -0.2) is 0 Å². The topological polar surface area (TPSA) is 0 Å². The Kier molecular flexibility index (Phi) is 15.5. The Labute approximate surface area is 606 Å². The summed E-state index contributed by atoms with van der Waals surface area (Å²) >= 11 is 0. The molecular weight excluding hydrogens is 1240 g/mol. The number of rotatable bonds is 18. The highest BCUT2D eigenvalue weighted by Gasteiger charge is 2.49. The van der Waals surface area contributed by atoms with E-state index in [4.69, 9.17) is 0 Å². The molecule has 19 rings (SSSR count). The van der Waals surface area contributed by atoms with Crippen molar-refractivity contribution < 1.29 is 0 Å². The van der Waals surface area contributed by atoms with E-state index in [1.54, 1.807) is 0 Å². The molecule has 0 bridgehead atoms. The van der Waals surface area contributed by atoms with Crippen LogP contribution in [0.25, 0.3) is 121 Å². The summed E-state index contributed by atoms with van der Waals surface area (Å²) in [6, 6.07) is 131. The lowest BCUT2D eigenvalue weighted by molar-refractivity contribution is 0.401. The molecule has 0 spiro atoms. The molecule has 0 saturated heterocycles. The first kappa shape index (κ1) is 62.6. The third kappa shape index (κ3) is 9.56. The summed E-state index contributed by atoms with van der Waals surface area (Å²) in [6.07, 6.45) is 11.9. The maximum absolute atomic E-state index is 2.70. The van der Waals surface area contributed by atoms with Crippen molar-refractivity contribution in [3.8, 4) is 77.9 Å². The lowest BCUT2D eigenvalue weighted by Gasteiger charge is -2.34. The Morgan fingerprint density at radius 3 is 0.709 bits per heavy atom. The monoisotopic (exact) mass is 1320 g/mol. The van der Waals surface area contributed by atoms with Crippen LogP contribution in [-0.4, -0.2) is 0 Å². The first-order valence-electron chi connectivity index (χ1n) is 37.9. The molecule has 0 amide bonds. The lowest BCUT2D eigenvalue weighted by Crippen LogP contribution is -2.28. The molecule has 16 aromatic carbocycles. The van der Waals surface area contributed by atoms with Crippen LogP contribution in [0.1, 0.15) is 134 Å². The van der Waals surface area contributed by atoms with Gasteiger partial charge in [0.15, 0.2) is 0 Å². The SMILES string of the molecule is CCCCCCC1(CCCCCC)c2cc(-c3c4ccccc4c(-c4ccc5c(c4)C(c4ccccc4)(c4ccccc4)c4ccccc4-5)c4ccccc34)ccc2-c2ccc(-c3c4ccccc4c(-c4ccc5c(c4)C(c4ccccc4)(c4ccccc4)c4ccccc4-5)c4ccccc34)cc21. The van der Waals surface area contributed by atoms with Gasteiger partial charge in [0.2, 0.25) is 0 Å². The second-order valence-corrected chi connectivity index (χ2v) is 29.5. The molecule has 0 saturated carbocycles. The predicted octanol–water partition coefficient (Wildman–Crippen LogP) is 27.9. The maximum Gasteiger partial charge on any atom is 0.0713 e. The molecule has 3 aliphatic carbocycles. The summed E-state index contributed by atoms with van der Waals surface area (Å²) in [5.74, 6) is 0. The zero-order chi connectivity index (χ0) is 68.6. The second kappa shape index (κ2) is 25.6. The standard InChI is InChI=1S/C103H82/c1-3-5-7-33-63-101(64-34-8-6-4-2)93-65-69(97-83-45-21-25-49-87(83)99(88-50-26-22-46-84(88)97)71-57-61-81-77-43-29-31-53-91(77)102(95(81)67-71,73-35-13-9-14-36-73)74-37-15-10-16-38-74)55-59-79(93)80-60-56-70(66-94(80)101)98-85-47-23-27-51-89(85)100(90-52-28-24-48-86(90)98)72-58-62-82-78-44-30-32-54-92(78)103(96(82)68-72,75-39-17-11-18-40-75)76-41-19-12-20-42-76/h9-32,35-62,65-68H,3-8,33-34,63-64H2,1-2H3. The van der Waals surface area contributed by atoms with Crippen molar-refractivity contribution >= 4 is 43.1 Å². The fraction of sp³-hybridized carbons (Fsp3) is 0.146. The minimum Gasteiger partial charge on any atom is -0.0654 e. The fourth-order valence-corrected chi connectivity index (χ4v) is 19.9. The summed E-state index contributed by atoms with van der Waals surface area (Å²) in [6.45, 7) is 4.72. The normalized spacial score (nSPS) is 14.0. The van der Waals surface area contributed by atoms with E-state index in [-0.39, 0.29) is 5.41 Å². The van der Waals surface area contributed by atoms with Gasteiger partial charge in [-0.05, 0) is 214 Å². The van der Waals surface area contributed by atoms with Crippen molar-refractivity contribution in [1.82, 2.24) is 0 Å². The second-order valence-electron chi connectivity index (χ2n) is 29.5. The smallest absolute Gasteiger partial charge is 0.0654 e. The van der Waals surface area contributed by atoms with Crippen LogP contribution in [0.15, 0.2) is 340 Å². The van der Waals surface area contributed by atoms with Gasteiger partial charge in [0, 0.05) is 5.41 Å². The van der Waals surface area contributed by atoms with Crippen molar-refractivity contribution in [2.45, 2.75) is 94.3 Å². The van der Waals surface area contributed by atoms with Crippen LogP contribution in [0, 0.1) is 0 Å². The molecule has 0 aromatic heterocycles. The Morgan fingerprint density at radius 2 is 0.427 bits per heavy atom. The van der Waals surface area contributed by atoms with Crippen molar-refractivity contribution in [3.63, 3.8) is 0 Å². The van der Waals surface area contributed by atoms with E-state index < -0.39 is 10.8 Å². The summed E-state index contributed by atoms with van der Waals surface area (Å²) < 4.78 is 0. The van der Waals surface area contributed by atoms with E-state index in [0.29, 0.717) is 0 Å². The number of unbranched alkanes of at least 4 members (excludes halogenated alkanes) is 6. The lowest BCUT2D eigenvalue weighted by atomic mass is 9.67. The first-order valence-corrected chi connectivity index (χ1v) is 37.9. The van der Waals surface area contributed by atoms with Gasteiger partial charge in [0.05, 0.1) is 10.8 Å². The molecule has 0 aliphatic heterocycles. The molecule has 0 fully saturated rings. The minimum atomic E-state index is -0.511. The Bertz CT molecular complexity index is 5390. The zero-order valence-corrected chi connectivity index (χ0v) is 58.9. The van der Waals surface area contributed by atoms with Gasteiger partial charge in [0.25, 0.3) is 0 Å². The van der Waals surface area contributed by atoms with E-state index in [9.17, 15) is 0 Å². The minimum absolute atomic E-state index is 0.201. The van der Waals surface area contributed by atoms with Gasteiger partial charge in [-0.2, -0.15) is 0 Å². The van der Waals surface area contributed by atoms with Crippen LogP contribution in [-0.2, 0) is 16.2 Å². The summed E-state index contributed by atoms with van der Waals surface area (Å²) in [4.78, 5) is 0. The molecule has 0 unspecified atom stereocenters. The van der Waals surface area contributed by atoms with Gasteiger partial charge in [-0.15, -0.1) is 0 Å². The van der Waals surface area contributed by atoms with E-state index in [2.05, 4.69) is 354 Å². The summed E-state index contributed by atoms with van der Waals surface area (Å²) in [5, 5.41) is 10.2. The molecule has 494 valence electrons. The van der Waals surface area contributed by atoms with E-state index in [0.717, 1.165) is 12.8 Å². The number of hydrogen-bond donors (Lipinski definition) is 0. The molecule has 103 heavy (non-hydrogen) atoms. The van der Waals surface area contributed by atoms with Gasteiger partial charge >= 0.3 is 0 Å². The van der Waals surface area contributed by atoms with Gasteiger partial charge in [-0.1, -0.05) is 381 Å². The van der Waals surface area contributed by atoms with E-state index >= 15 is 0 Å². The van der Waals surface area contributed by atoms with Crippen LogP contribution in [0.4, 0.5) is 0 Å². The molecule has 16 aromatic rings. The quantitative estimate of drug-likeness (QED) is 0.0593. The molecule has 0 nitrogen and oxygen atoms in total. The molecule has 0 heteroatoms. The zero-order valence-electron chi connectivity index (χ0n) is 58.9. The van der Waals surface area contributed by atoms with Crippen LogP contribution >= 0.6 is 0 Å². The Morgan fingerprint density at radius 1 is 0.194 bits per heavy atom. The van der Waals surface area contributed by atoms with Crippen LogP contribution in [0.3, 0.4) is 0 Å². The third-order valence-electron chi connectivity index (χ3n) is 24.2. The average molecular weight is 1320 g/mol. The number of hydrogen-bond acceptors (Lipinski definition) is 0. The third-order valence-corrected chi connectivity index (χ3v) is 24.2. The fourth-order valence-electron chi connectivity index (χ4n) is 19.9. The Hall–Kier alpha value is -11.4. The van der Waals surface area contributed by atoms with Crippen molar-refractivity contribution in [1.29, 1.82) is 0 Å². The summed E-state index contributed by atoms with van der Waals surface area (Å²) in [5.41, 5.74) is 30.4. The first-order chi connectivity index (χ1) is 51.0. The Balaban J connectivity index is 0.785. The van der Waals surface area contributed by atoms with Crippen molar-refractivity contribution in [2.24, 2.45) is 0 Å². The highest BCUT2D eigenvalue weighted by Crippen LogP contribution is 2.62. The summed E-state index contributed by atoms with van der Waals surface area (Å²) in [7, 11) is 0. The van der Waals surface area contributed by atoms with Gasteiger partial charge in [0.1, 0.15) is 0 Å². The molecule has 0 radical (unpaired) electrons. The van der Waals surface area contributed by atoms with Gasteiger partial charge in [-0.3, -0.25) is 0 Å². The average Bonchev–Trinajstić information content (AvgIpc) is 1.62. The van der Waals surface area contributed by atoms with Crippen LogP contribution in [0.2, 0.25) is 0 Å². The van der Waals surface area contributed by atoms with E-state index in [1.807, 2.05) is 0 Å². The van der Waals surface area contributed by atoms with Gasteiger partial charge < -0.3 is 0 Å².